The molecule has 3 nitrogen and oxygen atoms in total. The van der Waals surface area contributed by atoms with Crippen molar-refractivity contribution < 1.29 is 0 Å². The second-order valence-corrected chi connectivity index (χ2v) is 4.73. The highest BCUT2D eigenvalue weighted by Gasteiger charge is 2.13. The summed E-state index contributed by atoms with van der Waals surface area (Å²) in [6.07, 6.45) is 6.87. The third kappa shape index (κ3) is 3.13. The molecule has 0 atom stereocenters. The molecule has 17 heavy (non-hydrogen) atoms. The Morgan fingerprint density at radius 3 is 2.76 bits per heavy atom. The molecule has 0 unspecified atom stereocenters. The van der Waals surface area contributed by atoms with Crippen LogP contribution in [0.4, 0.5) is 11.4 Å². The Kier molecular flexibility index (Phi) is 3.87. The summed E-state index contributed by atoms with van der Waals surface area (Å²) in [6, 6.07) is 8.63. The van der Waals surface area contributed by atoms with Crippen LogP contribution in [0.25, 0.3) is 0 Å². The van der Waals surface area contributed by atoms with Gasteiger partial charge in [-0.2, -0.15) is 5.26 Å². The summed E-state index contributed by atoms with van der Waals surface area (Å²) in [5, 5.41) is 12.3. The van der Waals surface area contributed by atoms with Gasteiger partial charge in [-0.25, -0.2) is 0 Å². The molecule has 0 amide bonds. The minimum Gasteiger partial charge on any atom is -0.398 e. The molecular weight excluding hydrogens is 210 g/mol. The normalized spacial score (nSPS) is 16.4. The van der Waals surface area contributed by atoms with Gasteiger partial charge >= 0.3 is 0 Å². The van der Waals surface area contributed by atoms with Crippen molar-refractivity contribution in [3.05, 3.63) is 23.8 Å². The van der Waals surface area contributed by atoms with Gasteiger partial charge in [0.15, 0.2) is 0 Å². The first-order chi connectivity index (χ1) is 8.29. The Bertz CT molecular complexity index is 414. The number of nitrogen functional groups attached to an aromatic ring is 1. The van der Waals surface area contributed by atoms with Crippen LogP contribution >= 0.6 is 0 Å². The number of hydrogen-bond acceptors (Lipinski definition) is 3. The zero-order chi connectivity index (χ0) is 12.1. The lowest BCUT2D eigenvalue weighted by Crippen LogP contribution is -2.22. The largest absolute Gasteiger partial charge is 0.398 e. The van der Waals surface area contributed by atoms with Gasteiger partial charge in [-0.15, -0.1) is 0 Å². The van der Waals surface area contributed by atoms with Gasteiger partial charge in [-0.3, -0.25) is 0 Å². The average molecular weight is 229 g/mol. The number of nitrogens with two attached hydrogens (primary N) is 1. The van der Waals surface area contributed by atoms with Crippen LogP contribution in [0.2, 0.25) is 0 Å². The fourth-order valence-electron chi connectivity index (χ4n) is 2.42. The van der Waals surface area contributed by atoms with Crippen molar-refractivity contribution in [2.24, 2.45) is 0 Å². The van der Waals surface area contributed by atoms with Crippen LogP contribution in [0.3, 0.4) is 0 Å². The van der Waals surface area contributed by atoms with Gasteiger partial charge in [-0.1, -0.05) is 19.3 Å². The lowest BCUT2D eigenvalue weighted by Gasteiger charge is -2.24. The van der Waals surface area contributed by atoms with E-state index in [2.05, 4.69) is 11.4 Å². The van der Waals surface area contributed by atoms with E-state index in [0.717, 1.165) is 11.3 Å². The molecule has 3 N–H and O–H groups in total. The molecular formula is C14H19N3. The maximum absolute atomic E-state index is 8.73. The predicted octanol–water partition coefficient (Wildman–Crippen LogP) is 3.08. The number of hydrogen-bond donors (Lipinski definition) is 2. The Hall–Kier alpha value is -1.69. The van der Waals surface area contributed by atoms with E-state index in [0.29, 0.717) is 18.2 Å². The van der Waals surface area contributed by atoms with Crippen LogP contribution in [0.1, 0.15) is 37.7 Å². The molecule has 0 bridgehead atoms. The maximum Gasteiger partial charge on any atom is 0.0670 e. The Balaban J connectivity index is 2.05. The van der Waals surface area contributed by atoms with Gasteiger partial charge in [-0.05, 0) is 36.6 Å². The first kappa shape index (κ1) is 11.8. The molecule has 1 aromatic carbocycles. The molecule has 1 aromatic rings. The number of anilines is 2. The smallest absolute Gasteiger partial charge is 0.0670 e. The van der Waals surface area contributed by atoms with Crippen LogP contribution in [0.15, 0.2) is 18.2 Å². The molecule has 1 aliphatic rings. The Morgan fingerprint density at radius 2 is 2.06 bits per heavy atom. The van der Waals surface area contributed by atoms with E-state index >= 15 is 0 Å². The van der Waals surface area contributed by atoms with Crippen molar-refractivity contribution in [2.75, 3.05) is 11.1 Å². The molecule has 0 aromatic heterocycles. The lowest BCUT2D eigenvalue weighted by molar-refractivity contribution is 0.463. The third-order valence-electron chi connectivity index (χ3n) is 3.39. The van der Waals surface area contributed by atoms with Crippen molar-refractivity contribution in [1.29, 1.82) is 5.26 Å². The summed E-state index contributed by atoms with van der Waals surface area (Å²) in [5.41, 5.74) is 8.56. The second-order valence-electron chi connectivity index (χ2n) is 4.73. The molecule has 1 fully saturated rings. The van der Waals surface area contributed by atoms with Gasteiger partial charge in [0.05, 0.1) is 12.5 Å². The lowest BCUT2D eigenvalue weighted by atomic mass is 9.95. The number of nitrogens with one attached hydrogen (secondary N) is 1. The molecule has 0 aliphatic heterocycles. The molecule has 3 heteroatoms. The van der Waals surface area contributed by atoms with E-state index in [1.165, 1.54) is 32.1 Å². The predicted molar refractivity (Wildman–Crippen MR) is 70.7 cm³/mol. The standard InChI is InChI=1S/C14H19N3/c15-9-8-11-10-13(6-7-14(11)16)17-12-4-2-1-3-5-12/h6-7,10,12,17H,1-5,8,16H2. The highest BCUT2D eigenvalue weighted by molar-refractivity contribution is 5.58. The van der Waals surface area contributed by atoms with Crippen molar-refractivity contribution in [3.8, 4) is 6.07 Å². The zero-order valence-corrected chi connectivity index (χ0v) is 10.1. The minimum atomic E-state index is 0.381. The highest BCUT2D eigenvalue weighted by atomic mass is 14.9. The molecule has 1 saturated carbocycles. The van der Waals surface area contributed by atoms with Gasteiger partial charge in [0.25, 0.3) is 0 Å². The van der Waals surface area contributed by atoms with Crippen LogP contribution in [-0.4, -0.2) is 6.04 Å². The summed E-state index contributed by atoms with van der Waals surface area (Å²) in [7, 11) is 0. The van der Waals surface area contributed by atoms with Crippen LogP contribution in [0, 0.1) is 11.3 Å². The quantitative estimate of drug-likeness (QED) is 0.783. The summed E-state index contributed by atoms with van der Waals surface area (Å²) >= 11 is 0. The molecule has 1 aliphatic carbocycles. The van der Waals surface area contributed by atoms with Crippen molar-refractivity contribution in [2.45, 2.75) is 44.6 Å². The van der Waals surface area contributed by atoms with Crippen LogP contribution in [0.5, 0.6) is 0 Å². The molecule has 2 rings (SSSR count). The number of nitriles is 1. The molecule has 0 radical (unpaired) electrons. The summed E-state index contributed by atoms with van der Waals surface area (Å²) in [6.45, 7) is 0. The van der Waals surface area contributed by atoms with Gasteiger partial charge < -0.3 is 11.1 Å². The second kappa shape index (κ2) is 5.58. The fraction of sp³-hybridized carbons (Fsp3) is 0.500. The number of rotatable bonds is 3. The number of benzene rings is 1. The third-order valence-corrected chi connectivity index (χ3v) is 3.39. The fourth-order valence-corrected chi connectivity index (χ4v) is 2.42. The zero-order valence-electron chi connectivity index (χ0n) is 10.1. The topological polar surface area (TPSA) is 61.8 Å². The van der Waals surface area contributed by atoms with E-state index in [9.17, 15) is 0 Å². The Morgan fingerprint density at radius 1 is 1.29 bits per heavy atom. The molecule has 90 valence electrons. The van der Waals surface area contributed by atoms with E-state index in [4.69, 9.17) is 11.0 Å². The van der Waals surface area contributed by atoms with E-state index < -0.39 is 0 Å². The minimum absolute atomic E-state index is 0.381. The van der Waals surface area contributed by atoms with Crippen LogP contribution in [-0.2, 0) is 6.42 Å². The van der Waals surface area contributed by atoms with E-state index in [-0.39, 0.29) is 0 Å². The highest BCUT2D eigenvalue weighted by Crippen LogP contribution is 2.24. The molecule has 0 saturated heterocycles. The monoisotopic (exact) mass is 229 g/mol. The van der Waals surface area contributed by atoms with Gasteiger partial charge in [0.2, 0.25) is 0 Å². The van der Waals surface area contributed by atoms with Gasteiger partial charge in [0, 0.05) is 17.4 Å². The SMILES string of the molecule is N#CCc1cc(NC2CCCCC2)ccc1N. The van der Waals surface area contributed by atoms with Crippen molar-refractivity contribution in [3.63, 3.8) is 0 Å². The Labute approximate surface area is 103 Å². The molecule has 0 heterocycles. The maximum atomic E-state index is 8.73. The first-order valence-corrected chi connectivity index (χ1v) is 6.31. The summed E-state index contributed by atoms with van der Waals surface area (Å²) < 4.78 is 0. The van der Waals surface area contributed by atoms with Crippen molar-refractivity contribution in [1.82, 2.24) is 0 Å². The van der Waals surface area contributed by atoms with E-state index in [1.807, 2.05) is 18.2 Å². The molecule has 0 spiro atoms. The van der Waals surface area contributed by atoms with Crippen LogP contribution < -0.4 is 11.1 Å². The number of nitrogens with zero attached hydrogens (tertiary/aromatic N) is 1. The summed E-state index contributed by atoms with van der Waals surface area (Å²) in [4.78, 5) is 0. The first-order valence-electron chi connectivity index (χ1n) is 6.31. The van der Waals surface area contributed by atoms with Crippen molar-refractivity contribution >= 4 is 11.4 Å². The summed E-state index contributed by atoms with van der Waals surface area (Å²) in [5.74, 6) is 0. The van der Waals surface area contributed by atoms with Gasteiger partial charge in [0.1, 0.15) is 0 Å². The van der Waals surface area contributed by atoms with E-state index in [1.54, 1.807) is 0 Å². The average Bonchev–Trinajstić information content (AvgIpc) is 2.35.